The highest BCUT2D eigenvalue weighted by atomic mass is 16.2. The number of aryl methyl sites for hydroxylation is 1. The first-order valence-corrected chi connectivity index (χ1v) is 10.3. The molecule has 2 heterocycles. The summed E-state index contributed by atoms with van der Waals surface area (Å²) >= 11 is 0. The van der Waals surface area contributed by atoms with E-state index in [0.29, 0.717) is 13.0 Å². The van der Waals surface area contributed by atoms with Crippen LogP contribution in [0.2, 0.25) is 0 Å². The highest BCUT2D eigenvalue weighted by Gasteiger charge is 2.26. The Labute approximate surface area is 180 Å². The van der Waals surface area contributed by atoms with E-state index in [1.54, 1.807) is 0 Å². The second-order valence-electron chi connectivity index (χ2n) is 7.43. The normalized spacial score (nSPS) is 10.8. The molecular weight excluding hydrogens is 394 g/mol. The van der Waals surface area contributed by atoms with Gasteiger partial charge >= 0.3 is 5.69 Å². The van der Waals surface area contributed by atoms with Crippen molar-refractivity contribution in [3.63, 3.8) is 0 Å². The summed E-state index contributed by atoms with van der Waals surface area (Å²) in [4.78, 5) is 42.2. The topological polar surface area (TPSA) is 105 Å². The van der Waals surface area contributed by atoms with Gasteiger partial charge in [-0.25, -0.2) is 4.79 Å². The number of hydrogen-bond acceptors (Lipinski definition) is 4. The molecule has 2 aromatic heterocycles. The Hall–Kier alpha value is -3.68. The van der Waals surface area contributed by atoms with E-state index in [0.717, 1.165) is 17.7 Å². The number of unbranched alkanes of at least 4 members (excludes halogenated alkanes) is 1. The van der Waals surface area contributed by atoms with Crippen LogP contribution in [-0.2, 0) is 17.9 Å². The number of nitrogens with two attached hydrogens (primary N) is 1. The molecule has 31 heavy (non-hydrogen) atoms. The van der Waals surface area contributed by atoms with Crippen LogP contribution < -0.4 is 26.4 Å². The van der Waals surface area contributed by atoms with Gasteiger partial charge in [-0.05, 0) is 12.0 Å². The van der Waals surface area contributed by atoms with Crippen molar-refractivity contribution in [1.82, 2.24) is 9.55 Å². The molecule has 162 valence electrons. The van der Waals surface area contributed by atoms with Gasteiger partial charge in [0.05, 0.1) is 6.54 Å². The molecule has 3 aromatic rings. The van der Waals surface area contributed by atoms with Gasteiger partial charge in [-0.2, -0.15) is 4.57 Å². The number of rotatable bonds is 8. The number of nitrogens with one attached hydrogen (secondary N) is 1. The van der Waals surface area contributed by atoms with Gasteiger partial charge < -0.3 is 5.73 Å². The first-order valence-electron chi connectivity index (χ1n) is 10.3. The summed E-state index contributed by atoms with van der Waals surface area (Å²) < 4.78 is 3.10. The number of hydrogen-bond donors (Lipinski definition) is 2. The van der Waals surface area contributed by atoms with Crippen LogP contribution in [0.15, 0.2) is 64.3 Å². The summed E-state index contributed by atoms with van der Waals surface area (Å²) in [6.07, 6.45) is 3.35. The van der Waals surface area contributed by atoms with Gasteiger partial charge in [0.15, 0.2) is 17.6 Å². The molecule has 3 rings (SSSR count). The first kappa shape index (κ1) is 22.0. The number of carbonyl (C=O) groups is 1. The Morgan fingerprint density at radius 3 is 2.52 bits per heavy atom. The maximum Gasteiger partial charge on any atom is 0.330 e. The minimum atomic E-state index is -0.661. The molecule has 3 N–H and O–H groups in total. The van der Waals surface area contributed by atoms with Crippen molar-refractivity contribution in [3.8, 4) is 0 Å². The lowest BCUT2D eigenvalue weighted by molar-refractivity contribution is -0.690. The average molecular weight is 423 g/mol. The molecule has 0 saturated carbocycles. The number of nitrogen functional groups attached to an aromatic ring is 1. The second kappa shape index (κ2) is 9.88. The number of aromatic amines is 1. The van der Waals surface area contributed by atoms with Crippen LogP contribution in [-0.4, -0.2) is 22.0 Å². The Balaban J connectivity index is 2.03. The zero-order valence-electron chi connectivity index (χ0n) is 17.9. The number of amides is 1. The van der Waals surface area contributed by atoms with Gasteiger partial charge in [0.2, 0.25) is 6.54 Å². The SMILES string of the molecule is CCCCN(C(=O)C[n+]1ccccc1C)c1c(N)n(Cc2ccccc2)c(=O)[nH]c1=O. The van der Waals surface area contributed by atoms with Crippen molar-refractivity contribution in [2.24, 2.45) is 0 Å². The minimum absolute atomic E-state index is 0.0168. The summed E-state index contributed by atoms with van der Waals surface area (Å²) in [7, 11) is 0. The van der Waals surface area contributed by atoms with Crippen molar-refractivity contribution in [3.05, 3.63) is 86.8 Å². The molecule has 0 atom stereocenters. The molecule has 0 unspecified atom stereocenters. The average Bonchev–Trinajstić information content (AvgIpc) is 2.75. The van der Waals surface area contributed by atoms with Gasteiger partial charge in [-0.3, -0.25) is 24.0 Å². The molecule has 0 radical (unpaired) electrons. The monoisotopic (exact) mass is 422 g/mol. The maximum absolute atomic E-state index is 13.2. The van der Waals surface area contributed by atoms with Gasteiger partial charge in [0.1, 0.15) is 5.82 Å². The zero-order valence-corrected chi connectivity index (χ0v) is 17.9. The largest absolute Gasteiger partial charge is 0.383 e. The summed E-state index contributed by atoms with van der Waals surface area (Å²) in [5.74, 6) is -0.285. The Morgan fingerprint density at radius 2 is 1.84 bits per heavy atom. The molecule has 0 saturated heterocycles. The predicted molar refractivity (Wildman–Crippen MR) is 120 cm³/mol. The van der Waals surface area contributed by atoms with E-state index in [-0.39, 0.29) is 30.5 Å². The number of anilines is 2. The van der Waals surface area contributed by atoms with Gasteiger partial charge in [0.25, 0.3) is 11.5 Å². The zero-order chi connectivity index (χ0) is 22.4. The minimum Gasteiger partial charge on any atom is -0.383 e. The Morgan fingerprint density at radius 1 is 1.13 bits per heavy atom. The summed E-state index contributed by atoms with van der Waals surface area (Å²) in [6, 6.07) is 15.0. The van der Waals surface area contributed by atoms with E-state index in [1.807, 2.05) is 73.1 Å². The molecule has 1 amide bonds. The summed E-state index contributed by atoms with van der Waals surface area (Å²) in [5.41, 5.74) is 6.84. The van der Waals surface area contributed by atoms with Gasteiger partial charge in [-0.1, -0.05) is 49.7 Å². The number of H-pyrrole nitrogens is 1. The number of carbonyl (C=O) groups excluding carboxylic acids is 1. The second-order valence-corrected chi connectivity index (χ2v) is 7.43. The van der Waals surface area contributed by atoms with Crippen molar-refractivity contribution in [2.45, 2.75) is 39.8 Å². The Kier molecular flexibility index (Phi) is 7.02. The van der Waals surface area contributed by atoms with Crippen molar-refractivity contribution < 1.29 is 9.36 Å². The van der Waals surface area contributed by atoms with E-state index in [2.05, 4.69) is 4.98 Å². The summed E-state index contributed by atoms with van der Waals surface area (Å²) in [6.45, 7) is 4.50. The molecule has 8 nitrogen and oxygen atoms in total. The fraction of sp³-hybridized carbons (Fsp3) is 0.304. The van der Waals surface area contributed by atoms with E-state index in [4.69, 9.17) is 5.73 Å². The van der Waals surface area contributed by atoms with Crippen LogP contribution in [0.3, 0.4) is 0 Å². The third-order valence-corrected chi connectivity index (χ3v) is 5.18. The first-order chi connectivity index (χ1) is 14.9. The van der Waals surface area contributed by atoms with Crippen molar-refractivity contribution in [2.75, 3.05) is 17.2 Å². The van der Waals surface area contributed by atoms with Crippen LogP contribution in [0.1, 0.15) is 31.0 Å². The van der Waals surface area contributed by atoms with Crippen LogP contribution in [0, 0.1) is 6.92 Å². The Bertz CT molecular complexity index is 1170. The number of aromatic nitrogens is 3. The van der Waals surface area contributed by atoms with E-state index >= 15 is 0 Å². The van der Waals surface area contributed by atoms with Gasteiger partial charge in [-0.15, -0.1) is 0 Å². The van der Waals surface area contributed by atoms with Crippen molar-refractivity contribution in [1.29, 1.82) is 0 Å². The number of benzene rings is 1. The van der Waals surface area contributed by atoms with E-state index < -0.39 is 11.2 Å². The lowest BCUT2D eigenvalue weighted by Gasteiger charge is -2.23. The van der Waals surface area contributed by atoms with Crippen LogP contribution in [0.4, 0.5) is 11.5 Å². The third-order valence-electron chi connectivity index (χ3n) is 5.18. The van der Waals surface area contributed by atoms with Crippen LogP contribution in [0.5, 0.6) is 0 Å². The van der Waals surface area contributed by atoms with E-state index in [9.17, 15) is 14.4 Å². The molecule has 0 aliphatic rings. The van der Waals surface area contributed by atoms with Crippen molar-refractivity contribution >= 4 is 17.4 Å². The molecule has 1 aromatic carbocycles. The fourth-order valence-electron chi connectivity index (χ4n) is 3.41. The lowest BCUT2D eigenvalue weighted by atomic mass is 10.2. The molecule has 0 spiro atoms. The summed E-state index contributed by atoms with van der Waals surface area (Å²) in [5, 5.41) is 0. The molecule has 0 fully saturated rings. The molecule has 0 aliphatic heterocycles. The van der Waals surface area contributed by atoms with Crippen LogP contribution in [0.25, 0.3) is 0 Å². The molecular formula is C23H28N5O3+. The third kappa shape index (κ3) is 5.09. The molecule has 0 bridgehead atoms. The quantitative estimate of drug-likeness (QED) is 0.538. The standard InChI is InChI=1S/C23H27N5O3/c1-3-4-14-27(19(29)16-26-13-9-8-10-17(26)2)20-21(24)28(23(31)25-22(20)30)15-18-11-6-5-7-12-18/h5-13H,3-4,14-16H2,1-2H3,(H2-,24,25,30,31)/p+1. The maximum atomic E-state index is 13.2. The smallest absolute Gasteiger partial charge is 0.330 e. The highest BCUT2D eigenvalue weighted by molar-refractivity contribution is 5.94. The molecule has 0 aliphatic carbocycles. The fourth-order valence-corrected chi connectivity index (χ4v) is 3.41. The molecule has 8 heteroatoms. The van der Waals surface area contributed by atoms with Crippen LogP contribution >= 0.6 is 0 Å². The van der Waals surface area contributed by atoms with Gasteiger partial charge in [0, 0.05) is 25.6 Å². The van der Waals surface area contributed by atoms with E-state index in [1.165, 1.54) is 9.47 Å². The highest BCUT2D eigenvalue weighted by Crippen LogP contribution is 2.19. The predicted octanol–water partition coefficient (Wildman–Crippen LogP) is 1.60. The number of nitrogens with zero attached hydrogens (tertiary/aromatic N) is 3. The lowest BCUT2D eigenvalue weighted by Crippen LogP contribution is -2.49. The number of pyridine rings is 1.